The lowest BCUT2D eigenvalue weighted by Gasteiger charge is -2.18. The standard InChI is InChI=1S/C11H15NO/c1-7(2)8-3-4-10-9(5-8)6-12-11(10)13/h3-5,7,9-10H,6H2,1-2H3,(H,12,13). The maximum Gasteiger partial charge on any atom is 0.227 e. The second-order valence-electron chi connectivity index (χ2n) is 4.12. The Labute approximate surface area is 78.7 Å². The zero-order valence-corrected chi connectivity index (χ0v) is 8.08. The molecule has 2 atom stereocenters. The average molecular weight is 177 g/mol. The highest BCUT2D eigenvalue weighted by Gasteiger charge is 2.33. The van der Waals surface area contributed by atoms with Gasteiger partial charge in [-0.25, -0.2) is 0 Å². The number of carbonyl (C=O) groups is 1. The van der Waals surface area contributed by atoms with Crippen LogP contribution in [0.25, 0.3) is 0 Å². The Morgan fingerprint density at radius 1 is 1.54 bits per heavy atom. The van der Waals surface area contributed by atoms with E-state index in [4.69, 9.17) is 0 Å². The molecule has 2 nitrogen and oxygen atoms in total. The minimum atomic E-state index is 0.0995. The van der Waals surface area contributed by atoms with E-state index < -0.39 is 0 Å². The highest BCUT2D eigenvalue weighted by atomic mass is 16.2. The molecule has 2 rings (SSSR count). The number of allylic oxidation sites excluding steroid dienone is 2. The zero-order chi connectivity index (χ0) is 9.42. The number of hydrogen-bond donors (Lipinski definition) is 1. The number of hydrogen-bond acceptors (Lipinski definition) is 1. The number of rotatable bonds is 1. The topological polar surface area (TPSA) is 29.1 Å². The van der Waals surface area contributed by atoms with Gasteiger partial charge >= 0.3 is 0 Å². The average Bonchev–Trinajstić information content (AvgIpc) is 2.47. The highest BCUT2D eigenvalue weighted by Crippen LogP contribution is 2.29. The van der Waals surface area contributed by atoms with E-state index in [0.717, 1.165) is 6.54 Å². The molecule has 2 heteroatoms. The van der Waals surface area contributed by atoms with Crippen molar-refractivity contribution in [2.24, 2.45) is 17.8 Å². The molecule has 1 aliphatic carbocycles. The highest BCUT2D eigenvalue weighted by molar-refractivity contribution is 5.83. The Morgan fingerprint density at radius 2 is 2.31 bits per heavy atom. The normalized spacial score (nSPS) is 31.6. The first-order valence-electron chi connectivity index (χ1n) is 4.86. The largest absolute Gasteiger partial charge is 0.355 e. The lowest BCUT2D eigenvalue weighted by atomic mass is 9.85. The molecule has 0 radical (unpaired) electrons. The van der Waals surface area contributed by atoms with Crippen LogP contribution in [0, 0.1) is 17.8 Å². The van der Waals surface area contributed by atoms with E-state index >= 15 is 0 Å². The van der Waals surface area contributed by atoms with Gasteiger partial charge in [0.15, 0.2) is 0 Å². The number of carbonyl (C=O) groups excluding carboxylic acids is 1. The van der Waals surface area contributed by atoms with Crippen LogP contribution in [-0.2, 0) is 4.79 Å². The van der Waals surface area contributed by atoms with E-state index in [-0.39, 0.29) is 11.8 Å². The smallest absolute Gasteiger partial charge is 0.227 e. The molecule has 70 valence electrons. The van der Waals surface area contributed by atoms with E-state index in [1.165, 1.54) is 5.57 Å². The molecule has 0 spiro atoms. The van der Waals surface area contributed by atoms with Crippen molar-refractivity contribution in [1.29, 1.82) is 0 Å². The lowest BCUT2D eigenvalue weighted by molar-refractivity contribution is -0.121. The van der Waals surface area contributed by atoms with Crippen molar-refractivity contribution in [2.45, 2.75) is 13.8 Å². The van der Waals surface area contributed by atoms with Gasteiger partial charge in [0.2, 0.25) is 5.91 Å². The summed E-state index contributed by atoms with van der Waals surface area (Å²) in [7, 11) is 0. The summed E-state index contributed by atoms with van der Waals surface area (Å²) in [6, 6.07) is 0. The molecule has 0 bridgehead atoms. The molecule has 2 aliphatic rings. The lowest BCUT2D eigenvalue weighted by Crippen LogP contribution is -2.18. The molecule has 0 aromatic heterocycles. The van der Waals surface area contributed by atoms with Crippen molar-refractivity contribution in [1.82, 2.24) is 5.32 Å². The maximum absolute atomic E-state index is 11.3. The van der Waals surface area contributed by atoms with Crippen LogP contribution in [0.3, 0.4) is 0 Å². The van der Waals surface area contributed by atoms with Crippen molar-refractivity contribution < 1.29 is 4.79 Å². The predicted octanol–water partition coefficient (Wildman–Crippen LogP) is 1.50. The Bertz CT molecular complexity index is 288. The van der Waals surface area contributed by atoms with Crippen LogP contribution < -0.4 is 5.32 Å². The molecule has 1 amide bonds. The molecular weight excluding hydrogens is 162 g/mol. The van der Waals surface area contributed by atoms with Gasteiger partial charge < -0.3 is 5.32 Å². The third-order valence-electron chi connectivity index (χ3n) is 2.85. The summed E-state index contributed by atoms with van der Waals surface area (Å²) in [6.45, 7) is 5.17. The van der Waals surface area contributed by atoms with E-state index in [2.05, 4.69) is 31.3 Å². The molecule has 1 heterocycles. The van der Waals surface area contributed by atoms with Gasteiger partial charge in [-0.15, -0.1) is 0 Å². The first-order valence-corrected chi connectivity index (χ1v) is 4.86. The van der Waals surface area contributed by atoms with E-state index in [1.54, 1.807) is 0 Å². The van der Waals surface area contributed by atoms with Gasteiger partial charge in [-0.05, 0) is 11.5 Å². The summed E-state index contributed by atoms with van der Waals surface area (Å²) < 4.78 is 0. The van der Waals surface area contributed by atoms with Crippen molar-refractivity contribution in [3.63, 3.8) is 0 Å². The Kier molecular flexibility index (Phi) is 1.98. The Balaban J connectivity index is 2.21. The summed E-state index contributed by atoms with van der Waals surface area (Å²) in [4.78, 5) is 11.3. The van der Waals surface area contributed by atoms with Crippen LogP contribution in [0.5, 0.6) is 0 Å². The number of nitrogens with one attached hydrogen (secondary N) is 1. The second-order valence-corrected chi connectivity index (χ2v) is 4.12. The molecule has 13 heavy (non-hydrogen) atoms. The van der Waals surface area contributed by atoms with Gasteiger partial charge in [-0.2, -0.15) is 0 Å². The first kappa shape index (κ1) is 8.54. The predicted molar refractivity (Wildman–Crippen MR) is 52.1 cm³/mol. The van der Waals surface area contributed by atoms with Gasteiger partial charge in [0.25, 0.3) is 0 Å². The van der Waals surface area contributed by atoms with Gasteiger partial charge in [0.1, 0.15) is 0 Å². The van der Waals surface area contributed by atoms with Gasteiger partial charge in [0, 0.05) is 12.5 Å². The van der Waals surface area contributed by atoms with Crippen LogP contribution in [0.2, 0.25) is 0 Å². The fourth-order valence-corrected chi connectivity index (χ4v) is 1.95. The molecule has 1 saturated heterocycles. The maximum atomic E-state index is 11.3. The molecule has 1 aliphatic heterocycles. The Hall–Kier alpha value is -1.05. The molecule has 1 fully saturated rings. The molecule has 0 saturated carbocycles. The molecular formula is C11H15NO. The molecule has 2 unspecified atom stereocenters. The summed E-state index contributed by atoms with van der Waals surface area (Å²) in [5.41, 5.74) is 1.36. The summed E-state index contributed by atoms with van der Waals surface area (Å²) >= 11 is 0. The van der Waals surface area contributed by atoms with E-state index in [9.17, 15) is 4.79 Å². The van der Waals surface area contributed by atoms with Crippen LogP contribution >= 0.6 is 0 Å². The second kappa shape index (κ2) is 3.02. The summed E-state index contributed by atoms with van der Waals surface area (Å²) in [5, 5.41) is 2.89. The van der Waals surface area contributed by atoms with Crippen molar-refractivity contribution >= 4 is 5.91 Å². The van der Waals surface area contributed by atoms with Crippen LogP contribution in [-0.4, -0.2) is 12.5 Å². The van der Waals surface area contributed by atoms with Crippen molar-refractivity contribution in [3.8, 4) is 0 Å². The van der Waals surface area contributed by atoms with Crippen molar-refractivity contribution in [2.75, 3.05) is 6.54 Å². The molecule has 0 aromatic carbocycles. The monoisotopic (exact) mass is 177 g/mol. The third kappa shape index (κ3) is 1.41. The minimum absolute atomic E-state index is 0.0995. The van der Waals surface area contributed by atoms with E-state index in [1.807, 2.05) is 6.08 Å². The Morgan fingerprint density at radius 3 is 3.00 bits per heavy atom. The summed E-state index contributed by atoms with van der Waals surface area (Å²) in [5.74, 6) is 1.24. The first-order chi connectivity index (χ1) is 6.18. The van der Waals surface area contributed by atoms with Crippen LogP contribution in [0.1, 0.15) is 13.8 Å². The van der Waals surface area contributed by atoms with E-state index in [0.29, 0.717) is 11.8 Å². The van der Waals surface area contributed by atoms with Crippen molar-refractivity contribution in [3.05, 3.63) is 23.8 Å². The zero-order valence-electron chi connectivity index (χ0n) is 8.08. The quantitative estimate of drug-likeness (QED) is 0.646. The number of amides is 1. The molecule has 0 aromatic rings. The fraction of sp³-hybridized carbons (Fsp3) is 0.545. The summed E-state index contributed by atoms with van der Waals surface area (Å²) in [6.07, 6.45) is 6.38. The molecule has 1 N–H and O–H groups in total. The SMILES string of the molecule is CC(C)C1=CC2CNC(=O)C2C=C1. The van der Waals surface area contributed by atoms with Gasteiger partial charge in [-0.3, -0.25) is 4.79 Å². The van der Waals surface area contributed by atoms with Crippen LogP contribution in [0.4, 0.5) is 0 Å². The third-order valence-corrected chi connectivity index (χ3v) is 2.85. The fourth-order valence-electron chi connectivity index (χ4n) is 1.95. The van der Waals surface area contributed by atoms with Gasteiger partial charge in [0.05, 0.1) is 5.92 Å². The minimum Gasteiger partial charge on any atom is -0.355 e. The van der Waals surface area contributed by atoms with Gasteiger partial charge in [-0.1, -0.05) is 32.1 Å². The van der Waals surface area contributed by atoms with Crippen LogP contribution in [0.15, 0.2) is 23.8 Å². The number of fused-ring (bicyclic) bond motifs is 1.